The molecule has 7 heteroatoms. The second kappa shape index (κ2) is 6.71. The molecule has 0 spiro atoms. The van der Waals surface area contributed by atoms with Gasteiger partial charge in [-0.1, -0.05) is 6.08 Å². The number of nitrogens with zero attached hydrogens (tertiary/aromatic N) is 4. The first-order valence-corrected chi connectivity index (χ1v) is 11.3. The van der Waals surface area contributed by atoms with Crippen LogP contribution in [-0.4, -0.2) is 56.0 Å². The van der Waals surface area contributed by atoms with Gasteiger partial charge in [0, 0.05) is 55.7 Å². The van der Waals surface area contributed by atoms with E-state index in [-0.39, 0.29) is 0 Å². The standard InChI is InChI=1S/C22H24N4O2S/c1-24-11-7-16(8-12-24)20-15-26(22-19(20)4-3-10-23-22)29(27,28)18-5-6-21-17(14-18)9-13-25(21)2/h3-7,10,14-15H,8-9,11-13H2,1-2H3. The van der Waals surface area contributed by atoms with E-state index in [1.165, 1.54) is 9.55 Å². The lowest BCUT2D eigenvalue weighted by molar-refractivity contribution is 0.370. The van der Waals surface area contributed by atoms with Crippen molar-refractivity contribution in [2.45, 2.75) is 17.7 Å². The summed E-state index contributed by atoms with van der Waals surface area (Å²) in [7, 11) is 0.389. The summed E-state index contributed by atoms with van der Waals surface area (Å²) in [5, 5.41) is 0.882. The van der Waals surface area contributed by atoms with Gasteiger partial charge in [0.25, 0.3) is 10.0 Å². The molecule has 2 aromatic heterocycles. The monoisotopic (exact) mass is 408 g/mol. The molecule has 0 N–H and O–H groups in total. The first-order valence-electron chi connectivity index (χ1n) is 9.89. The van der Waals surface area contributed by atoms with E-state index in [0.29, 0.717) is 10.5 Å². The van der Waals surface area contributed by atoms with Crippen LogP contribution in [0.15, 0.2) is 53.7 Å². The van der Waals surface area contributed by atoms with Crippen LogP contribution >= 0.6 is 0 Å². The Morgan fingerprint density at radius 1 is 1.07 bits per heavy atom. The van der Waals surface area contributed by atoms with Crippen LogP contribution in [0.3, 0.4) is 0 Å². The predicted molar refractivity (Wildman–Crippen MR) is 116 cm³/mol. The van der Waals surface area contributed by atoms with Crippen LogP contribution in [0.2, 0.25) is 0 Å². The van der Waals surface area contributed by atoms with Gasteiger partial charge >= 0.3 is 0 Å². The van der Waals surface area contributed by atoms with Crippen LogP contribution < -0.4 is 4.90 Å². The van der Waals surface area contributed by atoms with Gasteiger partial charge in [0.1, 0.15) is 0 Å². The minimum atomic E-state index is -3.74. The summed E-state index contributed by atoms with van der Waals surface area (Å²) in [6.45, 7) is 2.75. The van der Waals surface area contributed by atoms with Gasteiger partial charge in [0.15, 0.2) is 5.65 Å². The number of fused-ring (bicyclic) bond motifs is 2. The smallest absolute Gasteiger partial charge is 0.269 e. The minimum absolute atomic E-state index is 0.318. The highest BCUT2D eigenvalue weighted by atomic mass is 32.2. The molecule has 0 fully saturated rings. The lowest BCUT2D eigenvalue weighted by atomic mass is 10.00. The second-order valence-electron chi connectivity index (χ2n) is 7.92. The third-order valence-corrected chi connectivity index (χ3v) is 7.67. The molecule has 3 aromatic rings. The molecule has 0 radical (unpaired) electrons. The highest BCUT2D eigenvalue weighted by Crippen LogP contribution is 2.34. The number of hydrogen-bond donors (Lipinski definition) is 0. The van der Waals surface area contributed by atoms with Crippen molar-refractivity contribution >= 4 is 32.3 Å². The van der Waals surface area contributed by atoms with Crippen LogP contribution in [0, 0.1) is 0 Å². The normalized spacial score (nSPS) is 17.6. The zero-order valence-corrected chi connectivity index (χ0v) is 17.5. The first-order chi connectivity index (χ1) is 13.9. The fraction of sp³-hybridized carbons (Fsp3) is 0.318. The molecule has 29 heavy (non-hydrogen) atoms. The van der Waals surface area contributed by atoms with Crippen LogP contribution in [0.25, 0.3) is 16.6 Å². The minimum Gasteiger partial charge on any atom is -0.374 e. The van der Waals surface area contributed by atoms with E-state index < -0.39 is 10.0 Å². The Kier molecular flexibility index (Phi) is 4.26. The number of hydrogen-bond acceptors (Lipinski definition) is 5. The lowest BCUT2D eigenvalue weighted by Gasteiger charge is -2.21. The van der Waals surface area contributed by atoms with Crippen molar-refractivity contribution < 1.29 is 8.42 Å². The third kappa shape index (κ3) is 2.96. The van der Waals surface area contributed by atoms with Crippen molar-refractivity contribution in [2.75, 3.05) is 38.6 Å². The summed E-state index contributed by atoms with van der Waals surface area (Å²) < 4.78 is 28.5. The first kappa shape index (κ1) is 18.4. The van der Waals surface area contributed by atoms with E-state index in [1.807, 2.05) is 31.3 Å². The van der Waals surface area contributed by atoms with E-state index >= 15 is 0 Å². The van der Waals surface area contributed by atoms with Crippen molar-refractivity contribution in [3.8, 4) is 0 Å². The maximum Gasteiger partial charge on any atom is 0.269 e. The predicted octanol–water partition coefficient (Wildman–Crippen LogP) is 2.98. The summed E-state index contributed by atoms with van der Waals surface area (Å²) in [6, 6.07) is 9.26. The summed E-state index contributed by atoms with van der Waals surface area (Å²) in [6.07, 6.45) is 7.36. The van der Waals surface area contributed by atoms with Crippen molar-refractivity contribution in [3.05, 3.63) is 59.9 Å². The van der Waals surface area contributed by atoms with E-state index in [9.17, 15) is 8.42 Å². The largest absolute Gasteiger partial charge is 0.374 e. The fourth-order valence-corrected chi connectivity index (χ4v) is 5.68. The molecular formula is C22H24N4O2S. The molecule has 0 saturated carbocycles. The van der Waals surface area contributed by atoms with E-state index in [0.717, 1.165) is 54.7 Å². The van der Waals surface area contributed by atoms with Crippen molar-refractivity contribution in [1.82, 2.24) is 13.9 Å². The van der Waals surface area contributed by atoms with Gasteiger partial charge in [-0.3, -0.25) is 0 Å². The van der Waals surface area contributed by atoms with Crippen LogP contribution in [-0.2, 0) is 16.4 Å². The molecule has 1 aromatic carbocycles. The third-order valence-electron chi connectivity index (χ3n) is 6.03. The Hall–Kier alpha value is -2.64. The van der Waals surface area contributed by atoms with Gasteiger partial charge in [-0.05, 0) is 61.4 Å². The fourth-order valence-electron chi connectivity index (χ4n) is 4.30. The van der Waals surface area contributed by atoms with Gasteiger partial charge in [-0.2, -0.15) is 0 Å². The average Bonchev–Trinajstić information content (AvgIpc) is 3.30. The second-order valence-corrected chi connectivity index (χ2v) is 9.74. The zero-order valence-electron chi connectivity index (χ0n) is 16.7. The van der Waals surface area contributed by atoms with Crippen molar-refractivity contribution in [1.29, 1.82) is 0 Å². The summed E-state index contributed by atoms with van der Waals surface area (Å²) in [4.78, 5) is 9.15. The van der Waals surface area contributed by atoms with E-state index in [1.54, 1.807) is 18.5 Å². The molecule has 2 aliphatic rings. The molecular weight excluding hydrogens is 384 g/mol. The van der Waals surface area contributed by atoms with Gasteiger partial charge in [-0.15, -0.1) is 0 Å². The zero-order chi connectivity index (χ0) is 20.2. The van der Waals surface area contributed by atoms with E-state index in [4.69, 9.17) is 0 Å². The van der Waals surface area contributed by atoms with Gasteiger partial charge in [0.2, 0.25) is 0 Å². The van der Waals surface area contributed by atoms with Crippen LogP contribution in [0.5, 0.6) is 0 Å². The maximum absolute atomic E-state index is 13.6. The highest BCUT2D eigenvalue weighted by molar-refractivity contribution is 7.90. The molecule has 2 aliphatic heterocycles. The highest BCUT2D eigenvalue weighted by Gasteiger charge is 2.26. The van der Waals surface area contributed by atoms with Gasteiger partial charge in [-0.25, -0.2) is 17.4 Å². The SMILES string of the molecule is CN1CC=C(c2cn(S(=O)(=O)c3ccc4c(c3)CCN4C)c3ncccc23)CC1. The average molecular weight is 409 g/mol. The van der Waals surface area contributed by atoms with E-state index in [2.05, 4.69) is 27.9 Å². The lowest BCUT2D eigenvalue weighted by Crippen LogP contribution is -2.23. The van der Waals surface area contributed by atoms with Gasteiger partial charge in [0.05, 0.1) is 4.90 Å². The molecule has 150 valence electrons. The number of anilines is 1. The van der Waals surface area contributed by atoms with Gasteiger partial charge < -0.3 is 9.80 Å². The molecule has 0 aliphatic carbocycles. The molecule has 0 amide bonds. The molecule has 0 bridgehead atoms. The summed E-state index contributed by atoms with van der Waals surface area (Å²) in [5.74, 6) is 0. The number of benzene rings is 1. The number of pyridine rings is 1. The van der Waals surface area contributed by atoms with Crippen LogP contribution in [0.1, 0.15) is 17.5 Å². The Labute approximate surface area is 171 Å². The quantitative estimate of drug-likeness (QED) is 0.667. The molecule has 5 rings (SSSR count). The topological polar surface area (TPSA) is 58.4 Å². The Morgan fingerprint density at radius 3 is 2.72 bits per heavy atom. The maximum atomic E-state index is 13.6. The Bertz CT molecular complexity index is 1240. The number of aromatic nitrogens is 2. The van der Waals surface area contributed by atoms with Crippen LogP contribution in [0.4, 0.5) is 5.69 Å². The molecule has 4 heterocycles. The van der Waals surface area contributed by atoms with Crippen molar-refractivity contribution in [3.63, 3.8) is 0 Å². The molecule has 0 saturated heterocycles. The molecule has 0 atom stereocenters. The van der Waals surface area contributed by atoms with Crippen molar-refractivity contribution in [2.24, 2.45) is 0 Å². The Morgan fingerprint density at radius 2 is 1.93 bits per heavy atom. The molecule has 0 unspecified atom stereocenters. The molecule has 6 nitrogen and oxygen atoms in total. The summed E-state index contributed by atoms with van der Waals surface area (Å²) >= 11 is 0. The Balaban J connectivity index is 1.65. The number of rotatable bonds is 3. The number of likely N-dealkylation sites (N-methyl/N-ethyl adjacent to an activating group) is 2. The summed E-state index contributed by atoms with van der Waals surface area (Å²) in [5.41, 5.74) is 4.82.